The topological polar surface area (TPSA) is 46.5 Å². The summed E-state index contributed by atoms with van der Waals surface area (Å²) in [6.45, 7) is 5.52. The summed E-state index contributed by atoms with van der Waals surface area (Å²) in [7, 11) is 0. The Balaban J connectivity index is 2.83. The fraction of sp³-hybridized carbons (Fsp3) is 0.923. The Morgan fingerprint density at radius 3 is 2.17 bits per heavy atom. The Morgan fingerprint density at radius 1 is 1.28 bits per heavy atom. The Bertz CT molecular complexity index is 293. The monoisotopic (exact) mass is 264 g/mol. The third-order valence-corrected chi connectivity index (χ3v) is 3.63. The van der Waals surface area contributed by atoms with Crippen molar-refractivity contribution in [3.8, 4) is 0 Å². The molecular weight excluding hydrogens is 242 g/mol. The second kappa shape index (κ2) is 5.51. The molecule has 0 aromatic carbocycles. The highest BCUT2D eigenvalue weighted by atomic mass is 19.3. The number of rotatable bonds is 4. The number of ether oxygens (including phenoxy) is 1. The minimum absolute atomic E-state index is 0.0539. The molecule has 106 valence electrons. The molecule has 1 saturated carbocycles. The van der Waals surface area contributed by atoms with Gasteiger partial charge in [-0.1, -0.05) is 13.8 Å². The molecule has 1 N–H and O–H groups in total. The predicted octanol–water partition coefficient (Wildman–Crippen LogP) is 2.76. The van der Waals surface area contributed by atoms with Crippen LogP contribution >= 0.6 is 0 Å². The third-order valence-electron chi connectivity index (χ3n) is 3.63. The summed E-state index contributed by atoms with van der Waals surface area (Å²) >= 11 is 0. The van der Waals surface area contributed by atoms with Gasteiger partial charge in [0.1, 0.15) is 0 Å². The maximum atomic E-state index is 13.1. The fourth-order valence-electron chi connectivity index (χ4n) is 2.70. The lowest BCUT2D eigenvalue weighted by molar-refractivity contribution is -0.174. The van der Waals surface area contributed by atoms with Crippen LogP contribution in [0, 0.1) is 11.8 Å². The summed E-state index contributed by atoms with van der Waals surface area (Å²) in [4.78, 5) is 11.9. The Kier molecular flexibility index (Phi) is 4.70. The second-order valence-corrected chi connectivity index (χ2v) is 5.43. The molecule has 1 aliphatic rings. The van der Waals surface area contributed by atoms with E-state index in [1.165, 1.54) is 0 Å². The van der Waals surface area contributed by atoms with Crippen LogP contribution in [0.2, 0.25) is 0 Å². The van der Waals surface area contributed by atoms with Crippen LogP contribution in [0.4, 0.5) is 8.78 Å². The SMILES string of the molecule is CCOC(=O)C(C(C)C)C1(O)CCC(F)(F)CC1. The smallest absolute Gasteiger partial charge is 0.312 e. The number of hydrogen-bond acceptors (Lipinski definition) is 3. The summed E-state index contributed by atoms with van der Waals surface area (Å²) in [5.41, 5.74) is -1.36. The van der Waals surface area contributed by atoms with E-state index in [0.29, 0.717) is 0 Å². The number of carbonyl (C=O) groups excluding carboxylic acids is 1. The van der Waals surface area contributed by atoms with Crippen LogP contribution in [-0.2, 0) is 9.53 Å². The van der Waals surface area contributed by atoms with Gasteiger partial charge in [-0.25, -0.2) is 8.78 Å². The van der Waals surface area contributed by atoms with Crippen LogP contribution in [0.3, 0.4) is 0 Å². The number of esters is 1. The average Bonchev–Trinajstić information content (AvgIpc) is 2.23. The van der Waals surface area contributed by atoms with Gasteiger partial charge in [0.05, 0.1) is 18.1 Å². The van der Waals surface area contributed by atoms with Crippen molar-refractivity contribution in [2.45, 2.75) is 58.0 Å². The molecule has 0 spiro atoms. The lowest BCUT2D eigenvalue weighted by Crippen LogP contribution is -2.50. The molecule has 0 aliphatic heterocycles. The van der Waals surface area contributed by atoms with Crippen molar-refractivity contribution in [1.82, 2.24) is 0 Å². The summed E-state index contributed by atoms with van der Waals surface area (Å²) in [5.74, 6) is -4.07. The van der Waals surface area contributed by atoms with Crippen LogP contribution in [0.1, 0.15) is 46.5 Å². The molecule has 0 bridgehead atoms. The molecule has 0 radical (unpaired) electrons. The van der Waals surface area contributed by atoms with Crippen molar-refractivity contribution in [2.24, 2.45) is 11.8 Å². The summed E-state index contributed by atoms with van der Waals surface area (Å²) in [5, 5.41) is 10.5. The Morgan fingerprint density at radius 2 is 1.78 bits per heavy atom. The van der Waals surface area contributed by atoms with Gasteiger partial charge in [-0.05, 0) is 25.7 Å². The van der Waals surface area contributed by atoms with E-state index in [9.17, 15) is 18.7 Å². The molecule has 1 rings (SSSR count). The van der Waals surface area contributed by atoms with E-state index < -0.39 is 23.4 Å². The van der Waals surface area contributed by atoms with Gasteiger partial charge < -0.3 is 9.84 Å². The van der Waals surface area contributed by atoms with Crippen LogP contribution in [0.25, 0.3) is 0 Å². The number of aliphatic hydroxyl groups is 1. The fourth-order valence-corrected chi connectivity index (χ4v) is 2.70. The van der Waals surface area contributed by atoms with Crippen LogP contribution in [0.5, 0.6) is 0 Å². The molecule has 5 heteroatoms. The largest absolute Gasteiger partial charge is 0.466 e. The molecule has 0 saturated heterocycles. The predicted molar refractivity (Wildman–Crippen MR) is 63.3 cm³/mol. The summed E-state index contributed by atoms with van der Waals surface area (Å²) < 4.78 is 31.2. The zero-order chi connectivity index (χ0) is 14.0. The molecule has 1 atom stereocenters. The van der Waals surface area contributed by atoms with E-state index in [0.717, 1.165) is 0 Å². The van der Waals surface area contributed by atoms with E-state index in [1.807, 2.05) is 0 Å². The van der Waals surface area contributed by atoms with E-state index in [2.05, 4.69) is 0 Å². The second-order valence-electron chi connectivity index (χ2n) is 5.43. The normalized spacial score (nSPS) is 23.7. The molecule has 1 unspecified atom stereocenters. The lowest BCUT2D eigenvalue weighted by atomic mass is 9.70. The maximum absolute atomic E-state index is 13.1. The average molecular weight is 264 g/mol. The Hall–Kier alpha value is -0.710. The highest BCUT2D eigenvalue weighted by Gasteiger charge is 2.50. The first-order chi connectivity index (χ1) is 8.22. The molecule has 1 fully saturated rings. The van der Waals surface area contributed by atoms with Crippen LogP contribution < -0.4 is 0 Å². The maximum Gasteiger partial charge on any atom is 0.312 e. The van der Waals surface area contributed by atoms with E-state index in [-0.39, 0.29) is 38.2 Å². The zero-order valence-corrected chi connectivity index (χ0v) is 11.2. The zero-order valence-electron chi connectivity index (χ0n) is 11.2. The molecule has 0 amide bonds. The molecule has 3 nitrogen and oxygen atoms in total. The minimum Gasteiger partial charge on any atom is -0.466 e. The first-order valence-corrected chi connectivity index (χ1v) is 6.49. The molecular formula is C13H22F2O3. The van der Waals surface area contributed by atoms with E-state index >= 15 is 0 Å². The van der Waals surface area contributed by atoms with Crippen molar-refractivity contribution in [1.29, 1.82) is 0 Å². The Labute approximate surface area is 107 Å². The first kappa shape index (κ1) is 15.3. The molecule has 0 aromatic heterocycles. The molecule has 18 heavy (non-hydrogen) atoms. The molecule has 1 aliphatic carbocycles. The van der Waals surface area contributed by atoms with Crippen LogP contribution in [-0.4, -0.2) is 29.2 Å². The summed E-state index contributed by atoms with van der Waals surface area (Å²) in [6, 6.07) is 0. The third kappa shape index (κ3) is 3.40. The molecule has 0 heterocycles. The standard InChI is InChI=1S/C13H22F2O3/c1-4-18-11(16)10(9(2)3)12(17)5-7-13(14,15)8-6-12/h9-10,17H,4-8H2,1-3H3. The van der Waals surface area contributed by atoms with Gasteiger partial charge in [0.15, 0.2) is 0 Å². The lowest BCUT2D eigenvalue weighted by Gasteiger charge is -2.41. The number of alkyl halides is 2. The van der Waals surface area contributed by atoms with Gasteiger partial charge >= 0.3 is 5.97 Å². The van der Waals surface area contributed by atoms with Gasteiger partial charge in [0, 0.05) is 12.8 Å². The summed E-state index contributed by atoms with van der Waals surface area (Å²) in [6.07, 6.45) is -0.846. The van der Waals surface area contributed by atoms with Crippen molar-refractivity contribution in [3.05, 3.63) is 0 Å². The quantitative estimate of drug-likeness (QED) is 0.794. The minimum atomic E-state index is -2.72. The van der Waals surface area contributed by atoms with Crippen molar-refractivity contribution < 1.29 is 23.4 Å². The van der Waals surface area contributed by atoms with E-state index in [4.69, 9.17) is 4.74 Å². The van der Waals surface area contributed by atoms with Crippen LogP contribution in [0.15, 0.2) is 0 Å². The highest BCUT2D eigenvalue weighted by Crippen LogP contribution is 2.44. The van der Waals surface area contributed by atoms with Crippen molar-refractivity contribution in [3.63, 3.8) is 0 Å². The van der Waals surface area contributed by atoms with E-state index in [1.54, 1.807) is 20.8 Å². The molecule has 0 aromatic rings. The van der Waals surface area contributed by atoms with Gasteiger partial charge in [0.25, 0.3) is 0 Å². The van der Waals surface area contributed by atoms with Crippen molar-refractivity contribution in [2.75, 3.05) is 6.61 Å². The number of hydrogen-bond donors (Lipinski definition) is 1. The highest BCUT2D eigenvalue weighted by molar-refractivity contribution is 5.74. The van der Waals surface area contributed by atoms with Gasteiger partial charge in [-0.3, -0.25) is 4.79 Å². The van der Waals surface area contributed by atoms with Crippen molar-refractivity contribution >= 4 is 5.97 Å². The number of halogens is 2. The van der Waals surface area contributed by atoms with Gasteiger partial charge in [-0.15, -0.1) is 0 Å². The van der Waals surface area contributed by atoms with Gasteiger partial charge in [-0.2, -0.15) is 0 Å². The first-order valence-electron chi connectivity index (χ1n) is 6.49. The van der Waals surface area contributed by atoms with Gasteiger partial charge in [0.2, 0.25) is 5.92 Å². The number of carbonyl (C=O) groups is 1.